The standard InChI is InChI=1S/C28H42O4/c29-28(24-7-3-1-4-8-24)32-27-19-15-23(16-20-27)12-11-22-13-17-26(18-14-22)31-21-30-25-9-5-2-6-10-25/h2,5-6,9-10,22-24,26-27H,1,3-4,7-8,11-21H2. The third-order valence-electron chi connectivity index (χ3n) is 8.06. The largest absolute Gasteiger partial charge is 0.468 e. The maximum absolute atomic E-state index is 12.4. The van der Waals surface area contributed by atoms with E-state index >= 15 is 0 Å². The summed E-state index contributed by atoms with van der Waals surface area (Å²) in [6, 6.07) is 9.89. The van der Waals surface area contributed by atoms with Gasteiger partial charge in [0.05, 0.1) is 12.0 Å². The Morgan fingerprint density at radius 2 is 1.31 bits per heavy atom. The van der Waals surface area contributed by atoms with Crippen molar-refractivity contribution in [2.45, 2.75) is 109 Å². The van der Waals surface area contributed by atoms with Crippen molar-refractivity contribution >= 4 is 5.97 Å². The van der Waals surface area contributed by atoms with Gasteiger partial charge in [-0.1, -0.05) is 50.3 Å². The van der Waals surface area contributed by atoms with Gasteiger partial charge in [-0.3, -0.25) is 4.79 Å². The number of ether oxygens (including phenoxy) is 3. The molecule has 4 heteroatoms. The molecule has 0 aromatic heterocycles. The number of carbonyl (C=O) groups excluding carboxylic acids is 1. The fraction of sp³-hybridized carbons (Fsp3) is 0.750. The van der Waals surface area contributed by atoms with Crippen LogP contribution in [0.25, 0.3) is 0 Å². The Hall–Kier alpha value is -1.55. The van der Waals surface area contributed by atoms with Gasteiger partial charge in [0.1, 0.15) is 11.9 Å². The molecule has 32 heavy (non-hydrogen) atoms. The number of benzene rings is 1. The molecule has 1 aromatic carbocycles. The first-order valence-corrected chi connectivity index (χ1v) is 13.3. The summed E-state index contributed by atoms with van der Waals surface area (Å²) < 4.78 is 17.5. The summed E-state index contributed by atoms with van der Waals surface area (Å²) >= 11 is 0. The number of hydrogen-bond donors (Lipinski definition) is 0. The van der Waals surface area contributed by atoms with Gasteiger partial charge in [-0.05, 0) is 88.2 Å². The third-order valence-corrected chi connectivity index (χ3v) is 8.06. The van der Waals surface area contributed by atoms with Crippen molar-refractivity contribution in [2.75, 3.05) is 6.79 Å². The first-order valence-electron chi connectivity index (χ1n) is 13.3. The smallest absolute Gasteiger partial charge is 0.309 e. The second-order valence-electron chi connectivity index (χ2n) is 10.4. The van der Waals surface area contributed by atoms with Crippen LogP contribution in [0.1, 0.15) is 96.3 Å². The minimum absolute atomic E-state index is 0.0984. The molecule has 4 rings (SSSR count). The molecule has 0 saturated heterocycles. The fourth-order valence-corrected chi connectivity index (χ4v) is 5.91. The van der Waals surface area contributed by atoms with E-state index in [1.165, 1.54) is 57.8 Å². The molecule has 0 radical (unpaired) electrons. The zero-order valence-corrected chi connectivity index (χ0v) is 19.7. The number of hydrogen-bond acceptors (Lipinski definition) is 4. The molecule has 0 spiro atoms. The van der Waals surface area contributed by atoms with E-state index in [4.69, 9.17) is 14.2 Å². The van der Waals surface area contributed by atoms with Gasteiger partial charge in [0.15, 0.2) is 6.79 Å². The van der Waals surface area contributed by atoms with Crippen LogP contribution in [-0.2, 0) is 14.3 Å². The Kier molecular flexibility index (Phi) is 9.31. The van der Waals surface area contributed by atoms with E-state index < -0.39 is 0 Å². The Labute approximate surface area is 194 Å². The molecular formula is C28H42O4. The molecule has 0 atom stereocenters. The minimum Gasteiger partial charge on any atom is -0.468 e. The van der Waals surface area contributed by atoms with E-state index in [1.54, 1.807) is 0 Å². The van der Waals surface area contributed by atoms with Gasteiger partial charge >= 0.3 is 5.97 Å². The maximum atomic E-state index is 12.4. The lowest BCUT2D eigenvalue weighted by atomic mass is 9.79. The van der Waals surface area contributed by atoms with Crippen LogP contribution < -0.4 is 4.74 Å². The van der Waals surface area contributed by atoms with Crippen LogP contribution in [0.2, 0.25) is 0 Å². The van der Waals surface area contributed by atoms with Crippen LogP contribution in [0.15, 0.2) is 30.3 Å². The van der Waals surface area contributed by atoms with E-state index in [-0.39, 0.29) is 18.0 Å². The predicted molar refractivity (Wildman–Crippen MR) is 126 cm³/mol. The second kappa shape index (κ2) is 12.6. The summed E-state index contributed by atoms with van der Waals surface area (Å²) in [7, 11) is 0. The highest BCUT2D eigenvalue weighted by molar-refractivity contribution is 5.72. The van der Waals surface area contributed by atoms with E-state index in [9.17, 15) is 4.79 Å². The molecule has 0 amide bonds. The average molecular weight is 443 g/mol. The molecule has 3 fully saturated rings. The summed E-state index contributed by atoms with van der Waals surface area (Å²) in [5, 5.41) is 0. The molecule has 0 N–H and O–H groups in total. The van der Waals surface area contributed by atoms with E-state index in [0.29, 0.717) is 12.9 Å². The maximum Gasteiger partial charge on any atom is 0.309 e. The van der Waals surface area contributed by atoms with Gasteiger partial charge in [-0.25, -0.2) is 0 Å². The predicted octanol–water partition coefficient (Wildman–Crippen LogP) is 7.06. The molecule has 178 valence electrons. The van der Waals surface area contributed by atoms with Crippen LogP contribution in [0.3, 0.4) is 0 Å². The van der Waals surface area contributed by atoms with Gasteiger partial charge in [0, 0.05) is 0 Å². The zero-order chi connectivity index (χ0) is 22.0. The van der Waals surface area contributed by atoms with Crippen LogP contribution >= 0.6 is 0 Å². The first-order chi connectivity index (χ1) is 15.8. The summed E-state index contributed by atoms with van der Waals surface area (Å²) in [6.07, 6.45) is 18.5. The van der Waals surface area contributed by atoms with Crippen molar-refractivity contribution in [3.05, 3.63) is 30.3 Å². The highest BCUT2D eigenvalue weighted by Gasteiger charge is 2.29. The topological polar surface area (TPSA) is 44.8 Å². The number of para-hydroxylation sites is 1. The highest BCUT2D eigenvalue weighted by Crippen LogP contribution is 2.35. The first kappa shape index (κ1) is 23.6. The van der Waals surface area contributed by atoms with Gasteiger partial charge in [0.25, 0.3) is 0 Å². The van der Waals surface area contributed by atoms with Gasteiger partial charge in [-0.15, -0.1) is 0 Å². The molecule has 0 unspecified atom stereocenters. The van der Waals surface area contributed by atoms with Crippen LogP contribution in [-0.4, -0.2) is 25.0 Å². The Balaban J connectivity index is 1.04. The molecule has 3 saturated carbocycles. The molecule has 3 aliphatic rings. The number of carbonyl (C=O) groups is 1. The van der Waals surface area contributed by atoms with E-state index in [1.807, 2.05) is 30.3 Å². The van der Waals surface area contributed by atoms with Gasteiger partial charge < -0.3 is 14.2 Å². The molecule has 4 nitrogen and oxygen atoms in total. The van der Waals surface area contributed by atoms with Gasteiger partial charge in [0.2, 0.25) is 0 Å². The van der Waals surface area contributed by atoms with E-state index in [2.05, 4.69) is 0 Å². The van der Waals surface area contributed by atoms with Crippen LogP contribution in [0.5, 0.6) is 5.75 Å². The van der Waals surface area contributed by atoms with Crippen molar-refractivity contribution in [3.8, 4) is 5.75 Å². The van der Waals surface area contributed by atoms with Crippen molar-refractivity contribution in [1.82, 2.24) is 0 Å². The summed E-state index contributed by atoms with van der Waals surface area (Å²) in [6.45, 7) is 0.355. The molecule has 0 heterocycles. The molecular weight excluding hydrogens is 400 g/mol. The summed E-state index contributed by atoms with van der Waals surface area (Å²) in [4.78, 5) is 12.4. The Morgan fingerprint density at radius 3 is 1.94 bits per heavy atom. The quantitative estimate of drug-likeness (QED) is 0.303. The molecule has 0 aliphatic heterocycles. The average Bonchev–Trinajstić information content (AvgIpc) is 2.85. The van der Waals surface area contributed by atoms with E-state index in [0.717, 1.165) is 56.1 Å². The highest BCUT2D eigenvalue weighted by atomic mass is 16.7. The number of esters is 1. The lowest BCUT2D eigenvalue weighted by Crippen LogP contribution is -2.29. The third kappa shape index (κ3) is 7.50. The minimum atomic E-state index is 0.0984. The molecule has 3 aliphatic carbocycles. The molecule has 1 aromatic rings. The van der Waals surface area contributed by atoms with Crippen molar-refractivity contribution < 1.29 is 19.0 Å². The lowest BCUT2D eigenvalue weighted by Gasteiger charge is -2.32. The van der Waals surface area contributed by atoms with Crippen LogP contribution in [0, 0.1) is 17.8 Å². The molecule has 0 bridgehead atoms. The number of rotatable bonds is 9. The Morgan fingerprint density at radius 1 is 0.719 bits per heavy atom. The monoisotopic (exact) mass is 442 g/mol. The Bertz CT molecular complexity index is 653. The summed E-state index contributed by atoms with van der Waals surface area (Å²) in [5.74, 6) is 2.84. The second-order valence-corrected chi connectivity index (χ2v) is 10.4. The normalized spacial score (nSPS) is 29.4. The zero-order valence-electron chi connectivity index (χ0n) is 19.7. The lowest BCUT2D eigenvalue weighted by molar-refractivity contribution is -0.157. The van der Waals surface area contributed by atoms with Gasteiger partial charge in [-0.2, -0.15) is 0 Å². The fourth-order valence-electron chi connectivity index (χ4n) is 5.91. The van der Waals surface area contributed by atoms with Crippen molar-refractivity contribution in [3.63, 3.8) is 0 Å². The van der Waals surface area contributed by atoms with Crippen LogP contribution in [0.4, 0.5) is 0 Å². The summed E-state index contributed by atoms with van der Waals surface area (Å²) in [5.41, 5.74) is 0. The van der Waals surface area contributed by atoms with Crippen molar-refractivity contribution in [1.29, 1.82) is 0 Å². The SMILES string of the molecule is O=C(OC1CCC(CCC2CCC(OCOc3ccccc3)CC2)CC1)C1CCCCC1. The van der Waals surface area contributed by atoms with Crippen molar-refractivity contribution in [2.24, 2.45) is 17.8 Å².